The summed E-state index contributed by atoms with van der Waals surface area (Å²) in [5, 5.41) is 31.3. The number of aryl methyl sites for hydroxylation is 6. The molecule has 0 N–H and O–H groups in total. The maximum atomic E-state index is 10.4. The number of aromatic carboxylic acids is 3. The maximum Gasteiger partial charge on any atom is 3.00 e. The molecule has 0 aliphatic carbocycles. The van der Waals surface area contributed by atoms with E-state index in [9.17, 15) is 29.7 Å². The van der Waals surface area contributed by atoms with Crippen LogP contribution in [-0.4, -0.2) is 37.7 Å². The smallest absolute Gasteiger partial charge is 0.545 e. The predicted molar refractivity (Wildman–Crippen MR) is 126 cm³/mol. The van der Waals surface area contributed by atoms with Gasteiger partial charge in [0.25, 0.3) is 0 Å². The van der Waals surface area contributed by atoms with Crippen molar-refractivity contribution in [3.63, 3.8) is 0 Å². The molecule has 3 rings (SSSR count). The zero-order valence-corrected chi connectivity index (χ0v) is 22.6. The summed E-state index contributed by atoms with van der Waals surface area (Å²) in [5.41, 5.74) is 6.27. The first-order valence-electron chi connectivity index (χ1n) is 10.2. The number of carboxylic acids is 3. The molecule has 0 aliphatic rings. The van der Waals surface area contributed by atoms with Gasteiger partial charge in [-0.25, -0.2) is 0 Å². The van der Waals surface area contributed by atoms with Gasteiger partial charge in [-0.2, -0.15) is 0 Å². The normalized spacial score (nSPS) is 9.35. The molecule has 7 heteroatoms. The molecule has 174 valence electrons. The van der Waals surface area contributed by atoms with Gasteiger partial charge in [0.15, 0.2) is 0 Å². The Morgan fingerprint density at radius 3 is 0.824 bits per heavy atom. The zero-order chi connectivity index (χ0) is 25.3. The van der Waals surface area contributed by atoms with E-state index in [0.717, 1.165) is 33.4 Å². The minimum absolute atomic E-state index is 0. The van der Waals surface area contributed by atoms with Gasteiger partial charge >= 0.3 is 19.8 Å². The molecule has 0 unspecified atom stereocenters. The molecule has 0 bridgehead atoms. The molecule has 0 aliphatic heterocycles. The average Bonchev–Trinajstić information content (AvgIpc) is 2.68. The molecule has 0 radical (unpaired) electrons. The number of benzene rings is 3. The fraction of sp³-hybridized carbons (Fsp3) is 0.222. The van der Waals surface area contributed by atoms with Crippen LogP contribution in [0.5, 0.6) is 0 Å². The van der Waals surface area contributed by atoms with Crippen molar-refractivity contribution in [2.45, 2.75) is 41.5 Å². The van der Waals surface area contributed by atoms with Crippen LogP contribution in [0.1, 0.15) is 64.5 Å². The first-order valence-corrected chi connectivity index (χ1v) is 10.2. The summed E-state index contributed by atoms with van der Waals surface area (Å²) in [7, 11) is 0. The summed E-state index contributed by atoms with van der Waals surface area (Å²) in [4.78, 5) is 31.3. The second-order valence-corrected chi connectivity index (χ2v) is 7.82. The van der Waals surface area contributed by atoms with Gasteiger partial charge in [-0.1, -0.05) is 71.3 Å². The van der Waals surface area contributed by atoms with Crippen LogP contribution < -0.4 is 15.3 Å². The summed E-state index contributed by atoms with van der Waals surface area (Å²) in [6.07, 6.45) is 0. The summed E-state index contributed by atoms with van der Waals surface area (Å²) in [5.74, 6) is -3.33. The Kier molecular flexibility index (Phi) is 12.7. The molecule has 0 spiro atoms. The van der Waals surface area contributed by atoms with Crippen LogP contribution in [0.2, 0.25) is 0 Å². The standard InChI is InChI=1S/3C9H10O2.Ga/c3*1-6-3-4-8(9(10)11)7(2)5-6;/h3*3-5H,1-2H3,(H,10,11);/q;;;+3/p-3. The quantitative estimate of drug-likeness (QED) is 0.487. The van der Waals surface area contributed by atoms with Gasteiger partial charge in [-0.15, -0.1) is 0 Å². The Morgan fingerprint density at radius 2 is 0.676 bits per heavy atom. The van der Waals surface area contributed by atoms with E-state index < -0.39 is 17.9 Å². The number of hydrogen-bond acceptors (Lipinski definition) is 6. The molecule has 0 fully saturated rings. The van der Waals surface area contributed by atoms with Gasteiger partial charge in [0.1, 0.15) is 0 Å². The topological polar surface area (TPSA) is 120 Å². The van der Waals surface area contributed by atoms with Crippen molar-refractivity contribution in [2.75, 3.05) is 0 Å². The van der Waals surface area contributed by atoms with Crippen LogP contribution in [0.25, 0.3) is 0 Å². The molecular weight excluding hydrogens is 490 g/mol. The first kappa shape index (κ1) is 30.7. The van der Waals surface area contributed by atoms with Crippen molar-refractivity contribution in [1.82, 2.24) is 0 Å². The Balaban J connectivity index is 0.000000473. The van der Waals surface area contributed by atoms with Crippen molar-refractivity contribution >= 4 is 37.7 Å². The van der Waals surface area contributed by atoms with Gasteiger partial charge in [-0.3, -0.25) is 0 Å². The number of carbonyl (C=O) groups is 3. The minimum atomic E-state index is -1.11. The fourth-order valence-corrected chi connectivity index (χ4v) is 3.13. The van der Waals surface area contributed by atoms with E-state index in [2.05, 4.69) is 0 Å². The van der Waals surface area contributed by atoms with E-state index in [1.807, 2.05) is 39.0 Å². The molecule has 0 atom stereocenters. The molecule has 3 aromatic carbocycles. The molecule has 6 nitrogen and oxygen atoms in total. The van der Waals surface area contributed by atoms with E-state index in [1.165, 1.54) is 0 Å². The van der Waals surface area contributed by atoms with Gasteiger partial charge in [0, 0.05) is 16.7 Å². The van der Waals surface area contributed by atoms with E-state index in [4.69, 9.17) is 0 Å². The van der Waals surface area contributed by atoms with Crippen LogP contribution in [0.3, 0.4) is 0 Å². The molecule has 0 saturated heterocycles. The average molecular weight is 517 g/mol. The van der Waals surface area contributed by atoms with Gasteiger partial charge < -0.3 is 29.7 Å². The monoisotopic (exact) mass is 516 g/mol. The van der Waals surface area contributed by atoms with Gasteiger partial charge in [0.05, 0.1) is 17.9 Å². The zero-order valence-electron chi connectivity index (χ0n) is 20.2. The molecule has 0 saturated carbocycles. The van der Waals surface area contributed by atoms with Crippen LogP contribution in [0.4, 0.5) is 0 Å². The molecule has 3 aromatic rings. The third-order valence-electron chi connectivity index (χ3n) is 4.81. The Hall–Kier alpha value is -3.29. The van der Waals surface area contributed by atoms with Crippen LogP contribution in [0.15, 0.2) is 54.6 Å². The molecule has 0 heterocycles. The summed E-state index contributed by atoms with van der Waals surface area (Å²) in [6, 6.07) is 15.5. The van der Waals surface area contributed by atoms with E-state index in [1.54, 1.807) is 57.2 Å². The van der Waals surface area contributed by atoms with Crippen molar-refractivity contribution < 1.29 is 29.7 Å². The maximum absolute atomic E-state index is 10.4. The van der Waals surface area contributed by atoms with Crippen LogP contribution >= 0.6 is 0 Å². The number of carboxylic acid groups (broad SMARTS) is 3. The molecule has 34 heavy (non-hydrogen) atoms. The Labute approximate surface area is 213 Å². The second kappa shape index (κ2) is 14.1. The first-order chi connectivity index (χ1) is 15.3. The van der Waals surface area contributed by atoms with Crippen molar-refractivity contribution in [2.24, 2.45) is 0 Å². The number of carbonyl (C=O) groups excluding carboxylic acids is 3. The predicted octanol–water partition coefficient (Wildman–Crippen LogP) is 1.62. The summed E-state index contributed by atoms with van der Waals surface area (Å²) < 4.78 is 0. The summed E-state index contributed by atoms with van der Waals surface area (Å²) in [6.45, 7) is 11.1. The van der Waals surface area contributed by atoms with E-state index >= 15 is 0 Å². The largest absolute Gasteiger partial charge is 3.00 e. The molecule has 0 aromatic heterocycles. The number of rotatable bonds is 3. The van der Waals surface area contributed by atoms with Gasteiger partial charge in [0.2, 0.25) is 0 Å². The van der Waals surface area contributed by atoms with Crippen LogP contribution in [0, 0.1) is 41.5 Å². The third kappa shape index (κ3) is 9.68. The van der Waals surface area contributed by atoms with E-state index in [0.29, 0.717) is 0 Å². The van der Waals surface area contributed by atoms with Crippen molar-refractivity contribution in [3.05, 3.63) is 105 Å². The molecule has 0 amide bonds. The minimum Gasteiger partial charge on any atom is -0.545 e. The number of hydrogen-bond donors (Lipinski definition) is 0. The van der Waals surface area contributed by atoms with Gasteiger partial charge in [-0.05, 0) is 58.2 Å². The molecular formula is C27H27GaO6. The second-order valence-electron chi connectivity index (χ2n) is 7.82. The van der Waals surface area contributed by atoms with E-state index in [-0.39, 0.29) is 36.5 Å². The van der Waals surface area contributed by atoms with Crippen molar-refractivity contribution in [3.8, 4) is 0 Å². The Bertz CT molecular complexity index is 1020. The Morgan fingerprint density at radius 1 is 0.471 bits per heavy atom. The summed E-state index contributed by atoms with van der Waals surface area (Å²) >= 11 is 0. The van der Waals surface area contributed by atoms with Crippen LogP contribution in [-0.2, 0) is 0 Å². The van der Waals surface area contributed by atoms with Crippen molar-refractivity contribution in [1.29, 1.82) is 0 Å². The SMILES string of the molecule is Cc1ccc(C(=O)[O-])c(C)c1.Cc1ccc(C(=O)[O-])c(C)c1.Cc1ccc(C(=O)[O-])c(C)c1.[Ga+3]. The third-order valence-corrected chi connectivity index (χ3v) is 4.81. The fourth-order valence-electron chi connectivity index (χ4n) is 3.13.